The van der Waals surface area contributed by atoms with Crippen LogP contribution >= 0.6 is 11.8 Å². The summed E-state index contributed by atoms with van der Waals surface area (Å²) in [7, 11) is 0. The number of nitrogens with zero attached hydrogens (tertiary/aromatic N) is 1. The molecular formula is C21H41ClN2O2S. The van der Waals surface area contributed by atoms with Gasteiger partial charge in [0, 0.05) is 20.3 Å². The van der Waals surface area contributed by atoms with Gasteiger partial charge in [-0.1, -0.05) is 60.2 Å². The number of carbonyl (C=O) groups is 2. The van der Waals surface area contributed by atoms with E-state index in [1.165, 1.54) is 23.1 Å². The number of halogens is 1. The van der Waals surface area contributed by atoms with Gasteiger partial charge in [-0.2, -0.15) is 11.8 Å². The fourth-order valence-electron chi connectivity index (χ4n) is 1.75. The molecule has 0 saturated carbocycles. The summed E-state index contributed by atoms with van der Waals surface area (Å²) < 4.78 is 0. The predicted molar refractivity (Wildman–Crippen MR) is 120 cm³/mol. The van der Waals surface area contributed by atoms with E-state index >= 15 is 0 Å². The van der Waals surface area contributed by atoms with E-state index in [-0.39, 0.29) is 51.8 Å². The molecule has 160 valence electrons. The maximum absolute atomic E-state index is 11.9. The zero-order chi connectivity index (χ0) is 18.0. The molecule has 1 saturated heterocycles. The first-order valence-corrected chi connectivity index (χ1v) is 9.09. The Labute approximate surface area is 178 Å². The Balaban J connectivity index is -0.000000129. The highest BCUT2D eigenvalue weighted by Gasteiger charge is 2.38. The number of aryl methyl sites for hydroxylation is 1. The van der Waals surface area contributed by atoms with E-state index in [2.05, 4.69) is 13.8 Å². The van der Waals surface area contributed by atoms with Crippen molar-refractivity contribution in [2.45, 2.75) is 75.0 Å². The highest BCUT2D eigenvalue weighted by Crippen LogP contribution is 2.28. The Morgan fingerprint density at radius 3 is 1.78 bits per heavy atom. The summed E-state index contributed by atoms with van der Waals surface area (Å²) in [4.78, 5) is 24.9. The molecule has 2 N–H and O–H groups in total. The molecule has 0 bridgehead atoms. The molecule has 2 rings (SSSR count). The van der Waals surface area contributed by atoms with Crippen molar-refractivity contribution in [3.05, 3.63) is 29.8 Å². The third-order valence-electron chi connectivity index (χ3n) is 2.68. The molecule has 4 nitrogen and oxygen atoms in total. The largest absolute Gasteiger partial charge is 1.00 e. The Morgan fingerprint density at radius 2 is 1.48 bits per heavy atom. The van der Waals surface area contributed by atoms with Crippen molar-refractivity contribution in [1.82, 2.24) is 0 Å². The van der Waals surface area contributed by atoms with Gasteiger partial charge in [0.1, 0.15) is 5.71 Å². The van der Waals surface area contributed by atoms with Crippen LogP contribution in [0, 0.1) is 6.92 Å². The summed E-state index contributed by atoms with van der Waals surface area (Å²) in [6, 6.07) is 7.44. The van der Waals surface area contributed by atoms with Crippen molar-refractivity contribution < 1.29 is 27.4 Å². The molecule has 2 amide bonds. The molecule has 1 unspecified atom stereocenters. The maximum Gasteiger partial charge on any atom is 0.247 e. The number of carbonyl (C=O) groups excluding carboxylic acids is 2. The number of amides is 2. The average Bonchev–Trinajstić information content (AvgIpc) is 2.75. The number of thioether (sulfide) groups is 1. The molecule has 27 heavy (non-hydrogen) atoms. The van der Waals surface area contributed by atoms with Crippen LogP contribution < -0.4 is 22.7 Å². The van der Waals surface area contributed by atoms with Crippen LogP contribution in [0.2, 0.25) is 0 Å². The Hall–Kier alpha value is -1.33. The van der Waals surface area contributed by atoms with Crippen LogP contribution in [-0.4, -0.2) is 29.0 Å². The molecule has 1 aliphatic rings. The molecular weight excluding hydrogens is 380 g/mol. The smallest absolute Gasteiger partial charge is 0.247 e. The molecule has 0 aliphatic carbocycles. The van der Waals surface area contributed by atoms with Gasteiger partial charge < -0.3 is 12.4 Å². The first-order chi connectivity index (χ1) is 10.8. The molecule has 1 aromatic rings. The normalized spacial score (nSPS) is 13.9. The molecule has 1 aromatic carbocycles. The van der Waals surface area contributed by atoms with Crippen molar-refractivity contribution in [1.29, 1.82) is 0 Å². The van der Waals surface area contributed by atoms with Crippen LogP contribution in [0.5, 0.6) is 0 Å². The molecule has 0 radical (unpaired) electrons. The summed E-state index contributed by atoms with van der Waals surface area (Å²) in [5, 5.41) is 4.81. The van der Waals surface area contributed by atoms with Crippen LogP contribution in [0.15, 0.2) is 24.3 Å². The highest BCUT2D eigenvalue weighted by atomic mass is 35.5. The summed E-state index contributed by atoms with van der Waals surface area (Å²) in [6.07, 6.45) is 3.42. The SMILES string of the molecule is C.C.C.CC(C)=[NH2+].CCC.CSC1CC(=O)N(c2ccc(C)cc2)C1=O.[Cl-]. The summed E-state index contributed by atoms with van der Waals surface area (Å²) >= 11 is 1.43. The maximum atomic E-state index is 11.9. The average molecular weight is 421 g/mol. The number of benzene rings is 1. The van der Waals surface area contributed by atoms with Gasteiger partial charge in [0.05, 0.1) is 10.9 Å². The van der Waals surface area contributed by atoms with Gasteiger partial charge in [-0.15, -0.1) is 0 Å². The lowest BCUT2D eigenvalue weighted by molar-refractivity contribution is -0.121. The third kappa shape index (κ3) is 13.5. The van der Waals surface area contributed by atoms with Crippen molar-refractivity contribution in [3.8, 4) is 0 Å². The summed E-state index contributed by atoms with van der Waals surface area (Å²) in [6.45, 7) is 9.95. The Kier molecular flexibility index (Phi) is 26.3. The van der Waals surface area contributed by atoms with Gasteiger partial charge in [0.15, 0.2) is 0 Å². The van der Waals surface area contributed by atoms with Crippen LogP contribution in [0.1, 0.15) is 68.4 Å². The number of nitrogens with two attached hydrogens (primary N) is 1. The molecule has 0 spiro atoms. The topological polar surface area (TPSA) is 63.0 Å². The molecule has 1 atom stereocenters. The van der Waals surface area contributed by atoms with Crippen molar-refractivity contribution in [2.75, 3.05) is 11.2 Å². The van der Waals surface area contributed by atoms with Crippen LogP contribution in [0.3, 0.4) is 0 Å². The van der Waals surface area contributed by atoms with Crippen molar-refractivity contribution in [2.24, 2.45) is 0 Å². The van der Waals surface area contributed by atoms with E-state index in [9.17, 15) is 9.59 Å². The number of imide groups is 1. The van der Waals surface area contributed by atoms with Crippen LogP contribution in [0.25, 0.3) is 0 Å². The van der Waals surface area contributed by atoms with Crippen LogP contribution in [-0.2, 0) is 9.59 Å². The number of hydrogen-bond donors (Lipinski definition) is 1. The van der Waals surface area contributed by atoms with Crippen molar-refractivity contribution in [3.63, 3.8) is 0 Å². The summed E-state index contributed by atoms with van der Waals surface area (Å²) in [5.74, 6) is -0.199. The molecule has 1 heterocycles. The van der Waals surface area contributed by atoms with E-state index in [0.29, 0.717) is 12.1 Å². The standard InChI is InChI=1S/C12H13NO2S.C3H7N.C3H8.3CH4.ClH/c1-8-3-5-9(6-4-8)13-11(14)7-10(16-2)12(13)15;1-3(2)4;1-3-2;;;;/h3-6,10H,7H2,1-2H3;4H,1-2H3;3H2,1-2H3;3*1H4;1H. The van der Waals surface area contributed by atoms with Gasteiger partial charge >= 0.3 is 0 Å². The van der Waals surface area contributed by atoms with E-state index in [1.54, 1.807) is 0 Å². The second-order valence-corrected chi connectivity index (χ2v) is 6.66. The summed E-state index contributed by atoms with van der Waals surface area (Å²) in [5.41, 5.74) is 2.71. The predicted octanol–water partition coefficient (Wildman–Crippen LogP) is 1.54. The van der Waals surface area contributed by atoms with Crippen molar-refractivity contribution >= 4 is 35.0 Å². The minimum absolute atomic E-state index is 0. The highest BCUT2D eigenvalue weighted by molar-refractivity contribution is 8.00. The number of hydrogen-bond acceptors (Lipinski definition) is 3. The second-order valence-electron chi connectivity index (χ2n) is 5.62. The van der Waals surface area contributed by atoms with E-state index in [0.717, 1.165) is 11.3 Å². The lowest BCUT2D eigenvalue weighted by Crippen LogP contribution is -3.00. The van der Waals surface area contributed by atoms with E-state index in [4.69, 9.17) is 5.41 Å². The monoisotopic (exact) mass is 420 g/mol. The minimum Gasteiger partial charge on any atom is -1.00 e. The zero-order valence-electron chi connectivity index (χ0n) is 15.4. The lowest BCUT2D eigenvalue weighted by atomic mass is 10.2. The molecule has 0 aromatic heterocycles. The first kappa shape index (κ1) is 36.6. The number of rotatable bonds is 2. The van der Waals surface area contributed by atoms with Gasteiger partial charge in [-0.3, -0.25) is 15.0 Å². The van der Waals surface area contributed by atoms with Gasteiger partial charge in [-0.05, 0) is 25.3 Å². The lowest BCUT2D eigenvalue weighted by Gasteiger charge is -2.14. The van der Waals surface area contributed by atoms with Gasteiger partial charge in [0.2, 0.25) is 11.8 Å². The first-order valence-electron chi connectivity index (χ1n) is 7.80. The fraction of sp³-hybridized carbons (Fsp3) is 0.571. The number of anilines is 1. The fourth-order valence-corrected chi connectivity index (χ4v) is 2.37. The molecule has 1 aliphatic heterocycles. The van der Waals surface area contributed by atoms with Crippen LogP contribution in [0.4, 0.5) is 5.69 Å². The zero-order valence-corrected chi connectivity index (χ0v) is 17.0. The van der Waals surface area contributed by atoms with E-state index < -0.39 is 0 Å². The Morgan fingerprint density at radius 1 is 1.11 bits per heavy atom. The Bertz CT molecular complexity index is 529. The third-order valence-corrected chi connectivity index (χ3v) is 3.62. The molecule has 1 fully saturated rings. The van der Waals surface area contributed by atoms with Gasteiger partial charge in [-0.25, -0.2) is 4.90 Å². The second kappa shape index (κ2) is 19.4. The minimum atomic E-state index is -0.214. The quantitative estimate of drug-likeness (QED) is 0.583. The molecule has 6 heteroatoms. The van der Waals surface area contributed by atoms with E-state index in [1.807, 2.05) is 51.3 Å². The van der Waals surface area contributed by atoms with Gasteiger partial charge in [0.25, 0.3) is 0 Å².